The molecule has 0 aliphatic carbocycles. The molecule has 0 saturated heterocycles. The highest BCUT2D eigenvalue weighted by atomic mass is 32.2. The standard InChI is InChI=1S/C13H20N2O4S/c1-10-4-6-12(7-5-10)20(17,18)15-11(2)13(16)14-8-9-19-3/h4-7,11,15H,8-9H2,1-3H3,(H,14,16). The molecule has 1 rings (SSSR count). The van der Waals surface area contributed by atoms with Crippen molar-refractivity contribution < 1.29 is 17.9 Å². The average molecular weight is 300 g/mol. The molecule has 1 aromatic carbocycles. The second-order valence-corrected chi connectivity index (χ2v) is 6.15. The Balaban J connectivity index is 2.66. The van der Waals surface area contributed by atoms with Crippen LogP contribution in [-0.2, 0) is 19.6 Å². The minimum absolute atomic E-state index is 0.139. The lowest BCUT2D eigenvalue weighted by Crippen LogP contribution is -2.45. The van der Waals surface area contributed by atoms with Crippen LogP contribution in [0, 0.1) is 6.92 Å². The van der Waals surface area contributed by atoms with E-state index < -0.39 is 22.0 Å². The monoisotopic (exact) mass is 300 g/mol. The number of amides is 1. The van der Waals surface area contributed by atoms with Crippen LogP contribution in [0.3, 0.4) is 0 Å². The van der Waals surface area contributed by atoms with Crippen LogP contribution in [0.15, 0.2) is 29.2 Å². The first-order valence-electron chi connectivity index (χ1n) is 6.22. The maximum absolute atomic E-state index is 12.1. The number of carbonyl (C=O) groups excluding carboxylic acids is 1. The topological polar surface area (TPSA) is 84.5 Å². The maximum atomic E-state index is 12.1. The second-order valence-electron chi connectivity index (χ2n) is 4.44. The predicted octanol–water partition coefficient (Wildman–Crippen LogP) is 0.424. The van der Waals surface area contributed by atoms with Gasteiger partial charge < -0.3 is 10.1 Å². The number of hydrogen-bond donors (Lipinski definition) is 2. The summed E-state index contributed by atoms with van der Waals surface area (Å²) in [4.78, 5) is 11.8. The molecule has 0 saturated carbocycles. The zero-order valence-electron chi connectivity index (χ0n) is 11.8. The van der Waals surface area contributed by atoms with Gasteiger partial charge in [-0.15, -0.1) is 0 Å². The Morgan fingerprint density at radius 1 is 1.30 bits per heavy atom. The van der Waals surface area contributed by atoms with E-state index in [9.17, 15) is 13.2 Å². The van der Waals surface area contributed by atoms with E-state index in [1.807, 2.05) is 6.92 Å². The highest BCUT2D eigenvalue weighted by Crippen LogP contribution is 2.10. The van der Waals surface area contributed by atoms with Gasteiger partial charge >= 0.3 is 0 Å². The third kappa shape index (κ3) is 4.92. The highest BCUT2D eigenvalue weighted by Gasteiger charge is 2.21. The molecule has 2 N–H and O–H groups in total. The van der Waals surface area contributed by atoms with Gasteiger partial charge in [-0.2, -0.15) is 4.72 Å². The third-order valence-electron chi connectivity index (χ3n) is 2.66. The molecule has 1 amide bonds. The molecule has 0 bridgehead atoms. The van der Waals surface area contributed by atoms with E-state index >= 15 is 0 Å². The fraction of sp³-hybridized carbons (Fsp3) is 0.462. The van der Waals surface area contributed by atoms with E-state index in [4.69, 9.17) is 4.74 Å². The number of nitrogens with one attached hydrogen (secondary N) is 2. The van der Waals surface area contributed by atoms with Crippen molar-refractivity contribution in [3.8, 4) is 0 Å². The van der Waals surface area contributed by atoms with Gasteiger partial charge in [-0.1, -0.05) is 17.7 Å². The summed E-state index contributed by atoms with van der Waals surface area (Å²) in [5, 5.41) is 2.58. The van der Waals surface area contributed by atoms with E-state index in [0.717, 1.165) is 5.56 Å². The quantitative estimate of drug-likeness (QED) is 0.715. The first kappa shape index (κ1) is 16.6. The zero-order chi connectivity index (χ0) is 15.2. The van der Waals surface area contributed by atoms with Crippen molar-refractivity contribution in [3.05, 3.63) is 29.8 Å². The lowest BCUT2D eigenvalue weighted by atomic mass is 10.2. The first-order valence-corrected chi connectivity index (χ1v) is 7.71. The van der Waals surface area contributed by atoms with Crippen LogP contribution >= 0.6 is 0 Å². The van der Waals surface area contributed by atoms with Gasteiger partial charge in [-0.25, -0.2) is 8.42 Å². The molecule has 1 aromatic rings. The smallest absolute Gasteiger partial charge is 0.241 e. The van der Waals surface area contributed by atoms with Crippen LogP contribution in [0.2, 0.25) is 0 Å². The van der Waals surface area contributed by atoms with Gasteiger partial charge in [-0.05, 0) is 26.0 Å². The fourth-order valence-electron chi connectivity index (χ4n) is 1.50. The molecule has 0 aliphatic heterocycles. The molecule has 112 valence electrons. The molecule has 0 aliphatic rings. The Morgan fingerprint density at radius 2 is 1.90 bits per heavy atom. The van der Waals surface area contributed by atoms with Crippen molar-refractivity contribution in [3.63, 3.8) is 0 Å². The van der Waals surface area contributed by atoms with Crippen molar-refractivity contribution in [2.45, 2.75) is 24.8 Å². The Morgan fingerprint density at radius 3 is 2.45 bits per heavy atom. The lowest BCUT2D eigenvalue weighted by molar-refractivity contribution is -0.122. The largest absolute Gasteiger partial charge is 0.383 e. The van der Waals surface area contributed by atoms with Gasteiger partial charge in [0, 0.05) is 13.7 Å². The molecule has 6 nitrogen and oxygen atoms in total. The average Bonchev–Trinajstić information content (AvgIpc) is 2.38. The van der Waals surface area contributed by atoms with Gasteiger partial charge in [0.2, 0.25) is 15.9 Å². The number of ether oxygens (including phenoxy) is 1. The second kappa shape index (κ2) is 7.37. The summed E-state index contributed by atoms with van der Waals surface area (Å²) in [5.74, 6) is -0.391. The number of hydrogen-bond acceptors (Lipinski definition) is 4. The van der Waals surface area contributed by atoms with Crippen molar-refractivity contribution in [1.82, 2.24) is 10.0 Å². The molecule has 20 heavy (non-hydrogen) atoms. The summed E-state index contributed by atoms with van der Waals surface area (Å²) < 4.78 is 31.3. The SMILES string of the molecule is COCCNC(=O)C(C)NS(=O)(=O)c1ccc(C)cc1. The molecule has 0 fully saturated rings. The zero-order valence-corrected chi connectivity index (χ0v) is 12.7. The van der Waals surface area contributed by atoms with Crippen LogP contribution in [0.5, 0.6) is 0 Å². The highest BCUT2D eigenvalue weighted by molar-refractivity contribution is 7.89. The van der Waals surface area contributed by atoms with Gasteiger partial charge in [0.25, 0.3) is 0 Å². The number of methoxy groups -OCH3 is 1. The normalized spacial score (nSPS) is 12.9. The van der Waals surface area contributed by atoms with Gasteiger partial charge in [0.15, 0.2) is 0 Å². The third-order valence-corrected chi connectivity index (χ3v) is 4.22. The van der Waals surface area contributed by atoms with Crippen LogP contribution in [-0.4, -0.2) is 40.6 Å². The van der Waals surface area contributed by atoms with Crippen LogP contribution in [0.25, 0.3) is 0 Å². The summed E-state index contributed by atoms with van der Waals surface area (Å²) in [5.41, 5.74) is 0.967. The van der Waals surface area contributed by atoms with Gasteiger partial charge in [-0.3, -0.25) is 4.79 Å². The van der Waals surface area contributed by atoms with E-state index in [1.165, 1.54) is 26.2 Å². The minimum atomic E-state index is -3.69. The Kier molecular flexibility index (Phi) is 6.12. The van der Waals surface area contributed by atoms with Crippen LogP contribution in [0.1, 0.15) is 12.5 Å². The van der Waals surface area contributed by atoms with Gasteiger partial charge in [0.1, 0.15) is 0 Å². The summed E-state index contributed by atoms with van der Waals surface area (Å²) in [6, 6.07) is 5.58. The summed E-state index contributed by atoms with van der Waals surface area (Å²) >= 11 is 0. The Labute approximate surface area is 119 Å². The van der Waals surface area contributed by atoms with E-state index in [1.54, 1.807) is 12.1 Å². The minimum Gasteiger partial charge on any atom is -0.383 e. The van der Waals surface area contributed by atoms with E-state index in [0.29, 0.717) is 13.2 Å². The number of sulfonamides is 1. The Bertz CT molecular complexity index is 540. The van der Waals surface area contributed by atoms with Crippen molar-refractivity contribution in [2.24, 2.45) is 0 Å². The van der Waals surface area contributed by atoms with Gasteiger partial charge in [0.05, 0.1) is 17.5 Å². The van der Waals surface area contributed by atoms with Crippen molar-refractivity contribution >= 4 is 15.9 Å². The molecule has 1 unspecified atom stereocenters. The number of benzene rings is 1. The lowest BCUT2D eigenvalue weighted by Gasteiger charge is -2.14. The predicted molar refractivity (Wildman–Crippen MR) is 75.8 cm³/mol. The van der Waals surface area contributed by atoms with Crippen LogP contribution < -0.4 is 10.0 Å². The van der Waals surface area contributed by atoms with Crippen molar-refractivity contribution in [2.75, 3.05) is 20.3 Å². The Hall–Kier alpha value is -1.44. The summed E-state index contributed by atoms with van der Waals surface area (Å²) in [6.07, 6.45) is 0. The number of carbonyl (C=O) groups is 1. The molecule has 1 atom stereocenters. The molecular weight excluding hydrogens is 280 g/mol. The maximum Gasteiger partial charge on any atom is 0.241 e. The molecular formula is C13H20N2O4S. The molecule has 0 aromatic heterocycles. The molecule has 0 heterocycles. The van der Waals surface area contributed by atoms with E-state index in [-0.39, 0.29) is 4.90 Å². The number of aryl methyl sites for hydroxylation is 1. The van der Waals surface area contributed by atoms with Crippen LogP contribution in [0.4, 0.5) is 0 Å². The fourth-order valence-corrected chi connectivity index (χ4v) is 2.70. The molecule has 0 radical (unpaired) electrons. The molecule has 0 spiro atoms. The number of rotatable bonds is 7. The summed E-state index contributed by atoms with van der Waals surface area (Å²) in [6.45, 7) is 4.08. The summed E-state index contributed by atoms with van der Waals surface area (Å²) in [7, 11) is -2.17. The van der Waals surface area contributed by atoms with E-state index in [2.05, 4.69) is 10.0 Å². The van der Waals surface area contributed by atoms with Crippen molar-refractivity contribution in [1.29, 1.82) is 0 Å². The first-order chi connectivity index (χ1) is 9.36. The molecule has 7 heteroatoms.